The number of carbonyl (C=O) groups excluding carboxylic acids is 3. The Bertz CT molecular complexity index is 819. The second-order valence-corrected chi connectivity index (χ2v) is 5.56. The highest BCUT2D eigenvalue weighted by molar-refractivity contribution is 5.99. The predicted molar refractivity (Wildman–Crippen MR) is 94.9 cm³/mol. The highest BCUT2D eigenvalue weighted by atomic mass is 16.5. The molecule has 136 valence electrons. The van der Waals surface area contributed by atoms with Gasteiger partial charge in [-0.1, -0.05) is 18.2 Å². The van der Waals surface area contributed by atoms with Gasteiger partial charge in [-0.25, -0.2) is 4.79 Å². The van der Waals surface area contributed by atoms with Crippen LogP contribution in [0.25, 0.3) is 0 Å². The highest BCUT2D eigenvalue weighted by Crippen LogP contribution is 2.14. The summed E-state index contributed by atoms with van der Waals surface area (Å²) >= 11 is 0. The fourth-order valence-electron chi connectivity index (χ4n) is 2.40. The third kappa shape index (κ3) is 4.83. The second kappa shape index (κ2) is 8.66. The van der Waals surface area contributed by atoms with Crippen molar-refractivity contribution in [2.24, 2.45) is 5.73 Å². The maximum absolute atomic E-state index is 12.4. The van der Waals surface area contributed by atoms with Crippen LogP contribution in [-0.2, 0) is 16.0 Å². The van der Waals surface area contributed by atoms with Crippen LogP contribution in [0, 0.1) is 0 Å². The first kappa shape index (κ1) is 19.0. The molecule has 0 saturated heterocycles. The van der Waals surface area contributed by atoms with Crippen molar-refractivity contribution < 1.29 is 23.9 Å². The number of primary amides is 1. The van der Waals surface area contributed by atoms with Crippen LogP contribution in [0.5, 0.6) is 5.75 Å². The van der Waals surface area contributed by atoms with Crippen LogP contribution in [0.2, 0.25) is 0 Å². The van der Waals surface area contributed by atoms with Crippen LogP contribution in [0.1, 0.15) is 26.3 Å². The topological polar surface area (TPSA) is 108 Å². The van der Waals surface area contributed by atoms with Gasteiger partial charge >= 0.3 is 5.97 Å². The Morgan fingerprint density at radius 1 is 1.04 bits per heavy atom. The summed E-state index contributed by atoms with van der Waals surface area (Å²) in [5.74, 6) is -1.09. The number of esters is 1. The minimum Gasteiger partial charge on any atom is -0.497 e. The third-order valence-electron chi connectivity index (χ3n) is 3.77. The Kier molecular flexibility index (Phi) is 6.32. The minimum absolute atomic E-state index is 0.217. The number of nitrogens with two attached hydrogens (primary N) is 1. The lowest BCUT2D eigenvalue weighted by molar-refractivity contribution is -0.119. The molecule has 2 rings (SSSR count). The summed E-state index contributed by atoms with van der Waals surface area (Å²) in [7, 11) is 2.80. The number of rotatable bonds is 7. The molecule has 0 bridgehead atoms. The van der Waals surface area contributed by atoms with Gasteiger partial charge < -0.3 is 20.5 Å². The molecule has 0 aliphatic heterocycles. The number of nitrogens with one attached hydrogen (secondary N) is 1. The molecule has 0 radical (unpaired) electrons. The van der Waals surface area contributed by atoms with Crippen molar-refractivity contribution in [3.05, 3.63) is 65.2 Å². The van der Waals surface area contributed by atoms with E-state index in [0.29, 0.717) is 5.75 Å². The van der Waals surface area contributed by atoms with E-state index < -0.39 is 23.8 Å². The van der Waals surface area contributed by atoms with E-state index in [2.05, 4.69) is 10.1 Å². The molecule has 0 fully saturated rings. The summed E-state index contributed by atoms with van der Waals surface area (Å²) in [5, 5.41) is 2.60. The fourth-order valence-corrected chi connectivity index (χ4v) is 2.40. The van der Waals surface area contributed by atoms with Crippen LogP contribution in [0.4, 0.5) is 0 Å². The normalized spacial score (nSPS) is 11.3. The van der Waals surface area contributed by atoms with Crippen LogP contribution < -0.4 is 15.8 Å². The lowest BCUT2D eigenvalue weighted by atomic mass is 10.0. The molecule has 0 aliphatic carbocycles. The van der Waals surface area contributed by atoms with E-state index in [9.17, 15) is 14.4 Å². The number of ether oxygens (including phenoxy) is 2. The molecular weight excluding hydrogens is 336 g/mol. The molecule has 0 aliphatic rings. The number of hydrogen-bond acceptors (Lipinski definition) is 5. The highest BCUT2D eigenvalue weighted by Gasteiger charge is 2.20. The van der Waals surface area contributed by atoms with Gasteiger partial charge in [0.25, 0.3) is 5.91 Å². The third-order valence-corrected chi connectivity index (χ3v) is 3.77. The molecule has 0 unspecified atom stereocenters. The van der Waals surface area contributed by atoms with Gasteiger partial charge in [-0.3, -0.25) is 9.59 Å². The van der Waals surface area contributed by atoms with E-state index in [1.807, 2.05) is 6.07 Å². The average Bonchev–Trinajstić information content (AvgIpc) is 2.66. The first-order valence-corrected chi connectivity index (χ1v) is 7.86. The summed E-state index contributed by atoms with van der Waals surface area (Å²) in [6.45, 7) is 0. The first-order valence-electron chi connectivity index (χ1n) is 7.86. The first-order chi connectivity index (χ1) is 12.4. The summed E-state index contributed by atoms with van der Waals surface area (Å²) in [6, 6.07) is 12.2. The molecular formula is C19H20N2O5. The summed E-state index contributed by atoms with van der Waals surface area (Å²) in [6.07, 6.45) is 0.217. The fraction of sp³-hybridized carbons (Fsp3) is 0.211. The lowest BCUT2D eigenvalue weighted by Crippen LogP contribution is -2.45. The zero-order valence-corrected chi connectivity index (χ0v) is 14.5. The maximum atomic E-state index is 12.4. The Morgan fingerprint density at radius 2 is 1.73 bits per heavy atom. The molecule has 7 nitrogen and oxygen atoms in total. The Balaban J connectivity index is 2.15. The Hall–Kier alpha value is -3.35. The molecule has 26 heavy (non-hydrogen) atoms. The number of methoxy groups -OCH3 is 2. The minimum atomic E-state index is -0.906. The van der Waals surface area contributed by atoms with Crippen molar-refractivity contribution in [2.45, 2.75) is 12.5 Å². The van der Waals surface area contributed by atoms with E-state index in [1.165, 1.54) is 25.3 Å². The molecule has 7 heteroatoms. The summed E-state index contributed by atoms with van der Waals surface area (Å²) in [5.41, 5.74) is 6.68. The largest absolute Gasteiger partial charge is 0.497 e. The number of amides is 2. The Morgan fingerprint density at radius 3 is 2.38 bits per heavy atom. The molecule has 0 saturated carbocycles. The molecule has 0 spiro atoms. The van der Waals surface area contributed by atoms with Crippen LogP contribution in [0.3, 0.4) is 0 Å². The van der Waals surface area contributed by atoms with Gasteiger partial charge in [0, 0.05) is 12.0 Å². The standard InChI is InChI=1S/C19H20N2O5/c1-25-15-8-3-5-12(9-15)10-16(17(20)22)21-18(23)13-6-4-7-14(11-13)19(24)26-2/h3-9,11,16H,10H2,1-2H3,(H2,20,22)(H,21,23)/t16-/m0/s1. The van der Waals surface area contributed by atoms with Gasteiger partial charge in [-0.2, -0.15) is 0 Å². The molecule has 0 heterocycles. The number of carbonyl (C=O) groups is 3. The quantitative estimate of drug-likeness (QED) is 0.727. The molecule has 2 aromatic rings. The van der Waals surface area contributed by atoms with E-state index in [4.69, 9.17) is 10.5 Å². The van der Waals surface area contributed by atoms with Crippen molar-refractivity contribution in [3.8, 4) is 5.75 Å². The maximum Gasteiger partial charge on any atom is 0.337 e. The van der Waals surface area contributed by atoms with Gasteiger partial charge in [-0.15, -0.1) is 0 Å². The molecule has 0 aromatic heterocycles. The second-order valence-electron chi connectivity index (χ2n) is 5.56. The molecule has 1 atom stereocenters. The molecule has 3 N–H and O–H groups in total. The average molecular weight is 356 g/mol. The van der Waals surface area contributed by atoms with Gasteiger partial charge in [0.05, 0.1) is 19.8 Å². The van der Waals surface area contributed by atoms with E-state index >= 15 is 0 Å². The molecule has 2 amide bonds. The zero-order valence-electron chi connectivity index (χ0n) is 14.5. The zero-order chi connectivity index (χ0) is 19.1. The van der Waals surface area contributed by atoms with Crippen molar-refractivity contribution in [1.82, 2.24) is 5.32 Å². The van der Waals surface area contributed by atoms with Crippen molar-refractivity contribution in [2.75, 3.05) is 14.2 Å². The van der Waals surface area contributed by atoms with Crippen LogP contribution in [-0.4, -0.2) is 38.0 Å². The van der Waals surface area contributed by atoms with Crippen molar-refractivity contribution in [1.29, 1.82) is 0 Å². The van der Waals surface area contributed by atoms with Gasteiger partial charge in [-0.05, 0) is 35.9 Å². The van der Waals surface area contributed by atoms with Gasteiger partial charge in [0.2, 0.25) is 5.91 Å². The van der Waals surface area contributed by atoms with Crippen molar-refractivity contribution >= 4 is 17.8 Å². The monoisotopic (exact) mass is 356 g/mol. The molecule has 2 aromatic carbocycles. The predicted octanol–water partition coefficient (Wildman–Crippen LogP) is 1.31. The SMILES string of the molecule is COC(=O)c1cccc(C(=O)N[C@@H](Cc2cccc(OC)c2)C(N)=O)c1. The summed E-state index contributed by atoms with van der Waals surface area (Å²) in [4.78, 5) is 35.8. The number of hydrogen-bond donors (Lipinski definition) is 2. The van der Waals surface area contributed by atoms with Gasteiger partial charge in [0.1, 0.15) is 11.8 Å². The van der Waals surface area contributed by atoms with E-state index in [-0.39, 0.29) is 17.5 Å². The smallest absolute Gasteiger partial charge is 0.337 e. The number of benzene rings is 2. The van der Waals surface area contributed by atoms with E-state index in [0.717, 1.165) is 5.56 Å². The van der Waals surface area contributed by atoms with E-state index in [1.54, 1.807) is 31.4 Å². The van der Waals surface area contributed by atoms with Crippen LogP contribution in [0.15, 0.2) is 48.5 Å². The lowest BCUT2D eigenvalue weighted by Gasteiger charge is -2.16. The Labute approximate surface area is 151 Å². The van der Waals surface area contributed by atoms with Gasteiger partial charge in [0.15, 0.2) is 0 Å². The van der Waals surface area contributed by atoms with Crippen LogP contribution >= 0.6 is 0 Å². The van der Waals surface area contributed by atoms with Crippen molar-refractivity contribution in [3.63, 3.8) is 0 Å². The summed E-state index contributed by atoms with van der Waals surface area (Å²) < 4.78 is 9.78.